The number of phenolic OH excluding ortho intramolecular Hbond substituents is 1. The monoisotopic (exact) mass is 409 g/mol. The van der Waals surface area contributed by atoms with E-state index >= 15 is 0 Å². The Morgan fingerprint density at radius 3 is 1.86 bits per heavy atom. The number of hydrogen-bond donors (Lipinski definition) is 1. The van der Waals surface area contributed by atoms with E-state index in [4.69, 9.17) is 0 Å². The average Bonchev–Trinajstić information content (AvgIpc) is 2.67. The maximum Gasteiger partial charge on any atom is 0.160 e. The molecule has 0 amide bonds. The normalized spacial score (nSPS) is 12.7. The molecule has 28 heavy (non-hydrogen) atoms. The maximum absolute atomic E-state index is 9.67. The standard InChI is InChI=1S/C25H28OS2/c1-25(2,3)18-7-19-28(23-14-10-20(26)11-15-23)24-16-12-22(13-17-24)27-21-8-5-4-6-9-21/h4-6,8-17H,7,18-19H2,1-3H3/p+1. The molecule has 0 heterocycles. The first-order chi connectivity index (χ1) is 13.4. The van der Waals surface area contributed by atoms with Crippen LogP contribution in [-0.4, -0.2) is 10.9 Å². The molecule has 0 aromatic heterocycles. The Morgan fingerprint density at radius 1 is 0.750 bits per heavy atom. The molecule has 0 saturated heterocycles. The van der Waals surface area contributed by atoms with Crippen molar-refractivity contribution < 1.29 is 5.11 Å². The van der Waals surface area contributed by atoms with Gasteiger partial charge in [-0.3, -0.25) is 0 Å². The number of hydrogen-bond acceptors (Lipinski definition) is 2. The van der Waals surface area contributed by atoms with Gasteiger partial charge in [-0.05, 0) is 78.9 Å². The highest BCUT2D eigenvalue weighted by Gasteiger charge is 2.26. The van der Waals surface area contributed by atoms with Crippen molar-refractivity contribution in [3.63, 3.8) is 0 Å². The largest absolute Gasteiger partial charge is 0.508 e. The van der Waals surface area contributed by atoms with Crippen LogP contribution in [0.5, 0.6) is 5.75 Å². The predicted octanol–water partition coefficient (Wildman–Crippen LogP) is 7.41. The molecule has 0 bridgehead atoms. The quantitative estimate of drug-likeness (QED) is 0.410. The lowest BCUT2D eigenvalue weighted by atomic mass is 9.91. The highest BCUT2D eigenvalue weighted by molar-refractivity contribution is 7.99. The molecular weight excluding hydrogens is 380 g/mol. The average molecular weight is 410 g/mol. The molecule has 0 aliphatic carbocycles. The van der Waals surface area contributed by atoms with Gasteiger partial charge in [0.2, 0.25) is 0 Å². The van der Waals surface area contributed by atoms with Crippen molar-refractivity contribution >= 4 is 22.7 Å². The summed E-state index contributed by atoms with van der Waals surface area (Å²) in [6, 6.07) is 27.3. The van der Waals surface area contributed by atoms with Crippen LogP contribution in [0, 0.1) is 5.41 Å². The van der Waals surface area contributed by atoms with Crippen molar-refractivity contribution in [2.45, 2.75) is 53.2 Å². The molecule has 3 heteroatoms. The Hall–Kier alpha value is -1.84. The lowest BCUT2D eigenvalue weighted by molar-refractivity contribution is 0.374. The first kappa shape index (κ1) is 20.9. The minimum Gasteiger partial charge on any atom is -0.508 e. The lowest BCUT2D eigenvalue weighted by Crippen LogP contribution is -2.12. The van der Waals surface area contributed by atoms with Gasteiger partial charge < -0.3 is 5.11 Å². The molecule has 3 rings (SSSR count). The van der Waals surface area contributed by atoms with E-state index in [0.29, 0.717) is 11.2 Å². The highest BCUT2D eigenvalue weighted by atomic mass is 32.2. The van der Waals surface area contributed by atoms with Gasteiger partial charge in [-0.2, -0.15) is 0 Å². The van der Waals surface area contributed by atoms with Gasteiger partial charge in [-0.15, -0.1) is 0 Å². The summed E-state index contributed by atoms with van der Waals surface area (Å²) in [7, 11) is 0.0307. The fraction of sp³-hybridized carbons (Fsp3) is 0.280. The minimum absolute atomic E-state index is 0.0307. The molecule has 0 saturated carbocycles. The van der Waals surface area contributed by atoms with E-state index in [-0.39, 0.29) is 10.9 Å². The summed E-state index contributed by atoms with van der Waals surface area (Å²) in [4.78, 5) is 5.20. The Bertz CT molecular complexity index is 850. The van der Waals surface area contributed by atoms with Gasteiger partial charge in [0.25, 0.3) is 0 Å². The maximum atomic E-state index is 9.67. The third-order valence-electron chi connectivity index (χ3n) is 4.48. The third-order valence-corrected chi connectivity index (χ3v) is 7.88. The van der Waals surface area contributed by atoms with Crippen LogP contribution in [-0.2, 0) is 10.9 Å². The molecule has 1 unspecified atom stereocenters. The molecule has 1 N–H and O–H groups in total. The Morgan fingerprint density at radius 2 is 1.29 bits per heavy atom. The minimum atomic E-state index is 0.0307. The van der Waals surface area contributed by atoms with E-state index in [1.54, 1.807) is 23.9 Å². The third kappa shape index (κ3) is 6.35. The summed E-state index contributed by atoms with van der Waals surface area (Å²) in [5, 5.41) is 9.67. The number of phenols is 1. The molecule has 0 spiro atoms. The number of benzene rings is 3. The first-order valence-corrected chi connectivity index (χ1v) is 11.9. The van der Waals surface area contributed by atoms with E-state index in [1.807, 2.05) is 6.07 Å². The Labute approximate surface area is 176 Å². The van der Waals surface area contributed by atoms with E-state index in [9.17, 15) is 5.11 Å². The van der Waals surface area contributed by atoms with E-state index in [0.717, 1.165) is 5.75 Å². The van der Waals surface area contributed by atoms with Gasteiger partial charge >= 0.3 is 0 Å². The second-order valence-electron chi connectivity index (χ2n) is 8.14. The van der Waals surface area contributed by atoms with Crippen LogP contribution in [0.3, 0.4) is 0 Å². The highest BCUT2D eigenvalue weighted by Crippen LogP contribution is 2.32. The van der Waals surface area contributed by atoms with Crippen LogP contribution in [0.15, 0.2) is 98.4 Å². The molecule has 0 fully saturated rings. The summed E-state index contributed by atoms with van der Waals surface area (Å²) in [6.07, 6.45) is 2.42. The Balaban J connectivity index is 1.77. The molecule has 146 valence electrons. The van der Waals surface area contributed by atoms with Gasteiger partial charge in [-0.1, -0.05) is 50.7 Å². The van der Waals surface area contributed by atoms with E-state index in [2.05, 4.69) is 81.4 Å². The molecule has 3 aromatic rings. The summed E-state index contributed by atoms with van der Waals surface area (Å²) >= 11 is 1.80. The van der Waals surface area contributed by atoms with Gasteiger partial charge in [0.15, 0.2) is 9.79 Å². The van der Waals surface area contributed by atoms with Crippen molar-refractivity contribution in [1.29, 1.82) is 0 Å². The zero-order valence-electron chi connectivity index (χ0n) is 16.9. The van der Waals surface area contributed by atoms with Gasteiger partial charge in [0.1, 0.15) is 11.5 Å². The summed E-state index contributed by atoms with van der Waals surface area (Å²) in [5.41, 5.74) is 0.361. The zero-order chi connectivity index (χ0) is 20.0. The topological polar surface area (TPSA) is 20.2 Å². The molecule has 3 aromatic carbocycles. The molecule has 1 atom stereocenters. The van der Waals surface area contributed by atoms with Gasteiger partial charge in [-0.25, -0.2) is 0 Å². The molecule has 0 aliphatic rings. The van der Waals surface area contributed by atoms with Crippen molar-refractivity contribution in [1.82, 2.24) is 0 Å². The molecular formula is C25H29OS2+. The first-order valence-electron chi connectivity index (χ1n) is 9.74. The van der Waals surface area contributed by atoms with Gasteiger partial charge in [0, 0.05) is 9.79 Å². The predicted molar refractivity (Wildman–Crippen MR) is 123 cm³/mol. The summed E-state index contributed by atoms with van der Waals surface area (Å²) < 4.78 is 0. The smallest absolute Gasteiger partial charge is 0.160 e. The fourth-order valence-electron chi connectivity index (χ4n) is 3.03. The molecule has 0 aliphatic heterocycles. The SMILES string of the molecule is CC(C)(C)CCC[S+](c1ccc(O)cc1)c1ccc(Sc2ccccc2)cc1. The zero-order valence-corrected chi connectivity index (χ0v) is 18.5. The van der Waals surface area contributed by atoms with Crippen LogP contribution < -0.4 is 0 Å². The summed E-state index contributed by atoms with van der Waals surface area (Å²) in [6.45, 7) is 6.92. The number of rotatable bonds is 7. The molecule has 1 nitrogen and oxygen atoms in total. The number of aromatic hydroxyl groups is 1. The van der Waals surface area contributed by atoms with Crippen LogP contribution in [0.25, 0.3) is 0 Å². The van der Waals surface area contributed by atoms with Crippen molar-refractivity contribution in [3.05, 3.63) is 78.9 Å². The second-order valence-corrected chi connectivity index (χ2v) is 11.4. The van der Waals surface area contributed by atoms with Crippen LogP contribution in [0.1, 0.15) is 33.6 Å². The van der Waals surface area contributed by atoms with Crippen LogP contribution in [0.4, 0.5) is 0 Å². The van der Waals surface area contributed by atoms with Crippen molar-refractivity contribution in [3.8, 4) is 5.75 Å². The van der Waals surface area contributed by atoms with Crippen LogP contribution >= 0.6 is 11.8 Å². The van der Waals surface area contributed by atoms with Crippen molar-refractivity contribution in [2.24, 2.45) is 5.41 Å². The second kappa shape index (κ2) is 9.58. The van der Waals surface area contributed by atoms with Gasteiger partial charge in [0.05, 0.1) is 10.9 Å². The van der Waals surface area contributed by atoms with Crippen LogP contribution in [0.2, 0.25) is 0 Å². The van der Waals surface area contributed by atoms with Crippen molar-refractivity contribution in [2.75, 3.05) is 5.75 Å². The lowest BCUT2D eigenvalue weighted by Gasteiger charge is -2.17. The Kier molecular flexibility index (Phi) is 7.14. The fourth-order valence-corrected chi connectivity index (χ4v) is 5.97. The molecule has 0 radical (unpaired) electrons. The summed E-state index contributed by atoms with van der Waals surface area (Å²) in [5.74, 6) is 1.48. The van der Waals surface area contributed by atoms with E-state index < -0.39 is 0 Å². The van der Waals surface area contributed by atoms with E-state index in [1.165, 1.54) is 32.4 Å².